The predicted molar refractivity (Wildman–Crippen MR) is 120 cm³/mol. The van der Waals surface area contributed by atoms with E-state index in [2.05, 4.69) is 10.8 Å². The van der Waals surface area contributed by atoms with Gasteiger partial charge in [0.1, 0.15) is 0 Å². The average molecular weight is 439 g/mol. The Morgan fingerprint density at radius 1 is 1.03 bits per heavy atom. The van der Waals surface area contributed by atoms with Gasteiger partial charge in [0, 0.05) is 17.0 Å². The molecule has 0 aliphatic heterocycles. The van der Waals surface area contributed by atoms with Gasteiger partial charge in [-0.1, -0.05) is 53.6 Å². The van der Waals surface area contributed by atoms with Crippen LogP contribution in [0.3, 0.4) is 0 Å². The van der Waals surface area contributed by atoms with Crippen LogP contribution in [0.2, 0.25) is 5.02 Å². The molecule has 0 unspecified atom stereocenters. The lowest BCUT2D eigenvalue weighted by Gasteiger charge is -2.26. The van der Waals surface area contributed by atoms with Crippen molar-refractivity contribution in [1.82, 2.24) is 4.72 Å². The fraction of sp³-hybridized carbons (Fsp3) is 0.208. The summed E-state index contributed by atoms with van der Waals surface area (Å²) in [7, 11) is -3.68. The summed E-state index contributed by atoms with van der Waals surface area (Å²) in [6.45, 7) is 3.77. The summed E-state index contributed by atoms with van der Waals surface area (Å²) in [6, 6.07) is 23.3. The average Bonchev–Trinajstić information content (AvgIpc) is 2.73. The van der Waals surface area contributed by atoms with Crippen LogP contribution in [-0.4, -0.2) is 14.5 Å². The molecule has 0 radical (unpaired) electrons. The maximum atomic E-state index is 12.9. The number of nitriles is 1. The molecule has 6 heteroatoms. The summed E-state index contributed by atoms with van der Waals surface area (Å²) in [6.07, 6.45) is 0.601. The molecular formula is C24H23ClN2O2S. The smallest absolute Gasteiger partial charge is 0.208 e. The van der Waals surface area contributed by atoms with Crippen molar-refractivity contribution in [3.05, 3.63) is 100 Å². The van der Waals surface area contributed by atoms with Crippen LogP contribution in [0.4, 0.5) is 0 Å². The number of halogens is 1. The van der Waals surface area contributed by atoms with E-state index in [0.29, 0.717) is 17.0 Å². The van der Waals surface area contributed by atoms with Crippen LogP contribution in [0.15, 0.2) is 77.7 Å². The summed E-state index contributed by atoms with van der Waals surface area (Å²) in [4.78, 5) is 0.232. The highest BCUT2D eigenvalue weighted by atomic mass is 35.5. The summed E-state index contributed by atoms with van der Waals surface area (Å²) in [5.41, 5.74) is 3.48. The quantitative estimate of drug-likeness (QED) is 0.550. The number of nitrogens with zero attached hydrogens (tertiary/aromatic N) is 1. The molecular weight excluding hydrogens is 416 g/mol. The highest BCUT2D eigenvalue weighted by molar-refractivity contribution is 7.89. The predicted octanol–water partition coefficient (Wildman–Crippen LogP) is 5.21. The van der Waals surface area contributed by atoms with Gasteiger partial charge >= 0.3 is 0 Å². The van der Waals surface area contributed by atoms with Crippen LogP contribution in [0.25, 0.3) is 0 Å². The van der Waals surface area contributed by atoms with Gasteiger partial charge in [0.15, 0.2) is 0 Å². The molecule has 0 amide bonds. The van der Waals surface area contributed by atoms with Crippen molar-refractivity contribution in [1.29, 1.82) is 5.26 Å². The van der Waals surface area contributed by atoms with Gasteiger partial charge in [0.2, 0.25) is 10.0 Å². The number of rotatable bonds is 7. The number of sulfonamides is 1. The topological polar surface area (TPSA) is 70.0 Å². The SMILES string of the molecule is Cc1ccc(S(=O)(=O)N[C@@H](C)[C@@H](Cc2ccc(Cl)cc2)c2cccc(C#N)c2)cc1. The van der Waals surface area contributed by atoms with Crippen LogP contribution < -0.4 is 4.72 Å². The minimum Gasteiger partial charge on any atom is -0.208 e. The van der Waals surface area contributed by atoms with E-state index in [-0.39, 0.29) is 10.8 Å². The molecule has 0 aromatic heterocycles. The Kier molecular flexibility index (Phi) is 6.94. The molecule has 0 aliphatic carbocycles. The minimum atomic E-state index is -3.68. The summed E-state index contributed by atoms with van der Waals surface area (Å²) >= 11 is 6.01. The first-order valence-corrected chi connectivity index (χ1v) is 11.5. The molecule has 0 spiro atoms. The zero-order valence-electron chi connectivity index (χ0n) is 16.8. The molecule has 30 heavy (non-hydrogen) atoms. The van der Waals surface area contributed by atoms with Gasteiger partial charge in [-0.3, -0.25) is 0 Å². The van der Waals surface area contributed by atoms with Crippen LogP contribution in [0, 0.1) is 18.3 Å². The van der Waals surface area contributed by atoms with E-state index in [1.165, 1.54) is 0 Å². The normalized spacial score (nSPS) is 13.4. The molecule has 0 aliphatic rings. The molecule has 3 aromatic carbocycles. The largest absolute Gasteiger partial charge is 0.240 e. The second kappa shape index (κ2) is 9.44. The third-order valence-corrected chi connectivity index (χ3v) is 6.92. The Balaban J connectivity index is 1.92. The van der Waals surface area contributed by atoms with Gasteiger partial charge in [-0.05, 0) is 67.8 Å². The molecule has 1 N–H and O–H groups in total. The third-order valence-electron chi connectivity index (χ3n) is 5.09. The van der Waals surface area contributed by atoms with Crippen molar-refractivity contribution in [2.45, 2.75) is 37.1 Å². The molecule has 0 saturated heterocycles. The molecule has 0 fully saturated rings. The standard InChI is InChI=1S/C24H23ClN2O2S/c1-17-6-12-23(13-7-17)30(28,29)27-18(2)24(15-19-8-10-22(25)11-9-19)21-5-3-4-20(14-21)16-26/h3-14,18,24,27H,15H2,1-2H3/t18-,24+/m0/s1. The lowest BCUT2D eigenvalue weighted by atomic mass is 9.86. The first-order valence-electron chi connectivity index (χ1n) is 9.62. The number of nitrogens with one attached hydrogen (secondary N) is 1. The van der Waals surface area contributed by atoms with Crippen molar-refractivity contribution in [3.8, 4) is 6.07 Å². The van der Waals surface area contributed by atoms with Gasteiger partial charge in [0.05, 0.1) is 16.5 Å². The van der Waals surface area contributed by atoms with Crippen molar-refractivity contribution < 1.29 is 8.42 Å². The Bertz CT molecular complexity index is 1150. The zero-order chi connectivity index (χ0) is 21.7. The lowest BCUT2D eigenvalue weighted by molar-refractivity contribution is 0.503. The first kappa shape index (κ1) is 22.0. The highest BCUT2D eigenvalue weighted by Crippen LogP contribution is 2.27. The molecule has 4 nitrogen and oxygen atoms in total. The maximum Gasteiger partial charge on any atom is 0.240 e. The van der Waals surface area contributed by atoms with Crippen molar-refractivity contribution in [2.24, 2.45) is 0 Å². The first-order chi connectivity index (χ1) is 14.3. The van der Waals surface area contributed by atoms with Crippen molar-refractivity contribution >= 4 is 21.6 Å². The van der Waals surface area contributed by atoms with Gasteiger partial charge in [0.25, 0.3) is 0 Å². The van der Waals surface area contributed by atoms with E-state index in [1.54, 1.807) is 30.3 Å². The van der Waals surface area contributed by atoms with Gasteiger partial charge in [-0.25, -0.2) is 13.1 Å². The third kappa shape index (κ3) is 5.48. The van der Waals surface area contributed by atoms with E-state index in [4.69, 9.17) is 11.6 Å². The number of benzene rings is 3. The molecule has 2 atom stereocenters. The summed E-state index contributed by atoms with van der Waals surface area (Å²) < 4.78 is 28.7. The molecule has 0 heterocycles. The monoisotopic (exact) mass is 438 g/mol. The zero-order valence-corrected chi connectivity index (χ0v) is 18.4. The Morgan fingerprint density at radius 2 is 1.70 bits per heavy atom. The number of aryl methyl sites for hydroxylation is 1. The van der Waals surface area contributed by atoms with E-state index in [1.807, 2.05) is 56.3 Å². The van der Waals surface area contributed by atoms with Gasteiger partial charge < -0.3 is 0 Å². The molecule has 3 aromatic rings. The molecule has 154 valence electrons. The summed E-state index contributed by atoms with van der Waals surface area (Å²) in [5.74, 6) is -0.167. The fourth-order valence-electron chi connectivity index (χ4n) is 3.41. The van der Waals surface area contributed by atoms with Crippen molar-refractivity contribution in [3.63, 3.8) is 0 Å². The highest BCUT2D eigenvalue weighted by Gasteiger charge is 2.25. The second-order valence-electron chi connectivity index (χ2n) is 7.40. The summed E-state index contributed by atoms with van der Waals surface area (Å²) in [5, 5.41) is 9.93. The second-order valence-corrected chi connectivity index (χ2v) is 9.55. The van der Waals surface area contributed by atoms with Crippen LogP contribution in [-0.2, 0) is 16.4 Å². The Morgan fingerprint density at radius 3 is 2.33 bits per heavy atom. The van der Waals surface area contributed by atoms with E-state index in [9.17, 15) is 13.7 Å². The Labute approximate surface area is 183 Å². The van der Waals surface area contributed by atoms with E-state index in [0.717, 1.165) is 16.7 Å². The minimum absolute atomic E-state index is 0.167. The Hall–Kier alpha value is -2.65. The molecule has 0 bridgehead atoms. The van der Waals surface area contributed by atoms with E-state index >= 15 is 0 Å². The van der Waals surface area contributed by atoms with Gasteiger partial charge in [-0.15, -0.1) is 0 Å². The lowest BCUT2D eigenvalue weighted by Crippen LogP contribution is -2.37. The van der Waals surface area contributed by atoms with Crippen molar-refractivity contribution in [2.75, 3.05) is 0 Å². The van der Waals surface area contributed by atoms with E-state index < -0.39 is 16.1 Å². The number of hydrogen-bond acceptors (Lipinski definition) is 3. The van der Waals surface area contributed by atoms with Crippen LogP contribution in [0.5, 0.6) is 0 Å². The molecule has 0 saturated carbocycles. The number of hydrogen-bond donors (Lipinski definition) is 1. The maximum absolute atomic E-state index is 12.9. The van der Waals surface area contributed by atoms with Gasteiger partial charge in [-0.2, -0.15) is 5.26 Å². The fourth-order valence-corrected chi connectivity index (χ4v) is 4.82. The molecule has 3 rings (SSSR count). The van der Waals surface area contributed by atoms with Crippen LogP contribution >= 0.6 is 11.6 Å². The van der Waals surface area contributed by atoms with Crippen LogP contribution in [0.1, 0.15) is 35.1 Å².